The molecular weight excluding hydrogens is 364 g/mol. The van der Waals surface area contributed by atoms with E-state index in [1.807, 2.05) is 6.07 Å². The number of H-pyrrole nitrogens is 1. The fraction of sp³-hybridized carbons (Fsp3) is 0.300. The van der Waals surface area contributed by atoms with Gasteiger partial charge in [0.15, 0.2) is 0 Å². The van der Waals surface area contributed by atoms with Crippen molar-refractivity contribution in [2.45, 2.75) is 26.3 Å². The number of nitrogens with one attached hydrogen (secondary N) is 1. The molecule has 0 saturated heterocycles. The summed E-state index contributed by atoms with van der Waals surface area (Å²) in [5, 5.41) is 10.7. The van der Waals surface area contributed by atoms with E-state index < -0.39 is 0 Å². The lowest BCUT2D eigenvalue weighted by Crippen LogP contribution is -2.26. The molecule has 0 atom stereocenters. The molecule has 3 nitrogen and oxygen atoms in total. The Morgan fingerprint density at radius 1 is 1.12 bits per heavy atom. The van der Waals surface area contributed by atoms with Crippen LogP contribution >= 0.6 is 15.9 Å². The molecular formula is C20H23BrN2O. The van der Waals surface area contributed by atoms with Crippen LogP contribution in [0, 0.1) is 0 Å². The SMILES string of the molecule is CC(C)c1cccc(N(CCO)Cc2cc3c(Br)cccc3[nH]2)c1. The van der Waals surface area contributed by atoms with E-state index in [4.69, 9.17) is 0 Å². The van der Waals surface area contributed by atoms with Gasteiger partial charge in [-0.25, -0.2) is 0 Å². The molecule has 0 radical (unpaired) electrons. The Labute approximate surface area is 151 Å². The minimum atomic E-state index is 0.135. The Morgan fingerprint density at radius 2 is 1.92 bits per heavy atom. The first kappa shape index (κ1) is 17.1. The number of hydrogen-bond donors (Lipinski definition) is 2. The molecule has 3 aromatic rings. The smallest absolute Gasteiger partial charge is 0.0606 e. The topological polar surface area (TPSA) is 39.3 Å². The predicted octanol–water partition coefficient (Wildman–Crippen LogP) is 5.05. The molecule has 3 rings (SSSR count). The van der Waals surface area contributed by atoms with Gasteiger partial charge < -0.3 is 15.0 Å². The summed E-state index contributed by atoms with van der Waals surface area (Å²) in [4.78, 5) is 5.69. The maximum absolute atomic E-state index is 9.48. The van der Waals surface area contributed by atoms with Crippen LogP contribution in [0.15, 0.2) is 53.0 Å². The quantitative estimate of drug-likeness (QED) is 0.621. The van der Waals surface area contributed by atoms with Crippen molar-refractivity contribution in [3.63, 3.8) is 0 Å². The van der Waals surface area contributed by atoms with Gasteiger partial charge in [0.25, 0.3) is 0 Å². The zero-order chi connectivity index (χ0) is 17.1. The summed E-state index contributed by atoms with van der Waals surface area (Å²) >= 11 is 3.60. The highest BCUT2D eigenvalue weighted by atomic mass is 79.9. The number of aromatic amines is 1. The number of hydrogen-bond acceptors (Lipinski definition) is 2. The molecule has 2 N–H and O–H groups in total. The van der Waals surface area contributed by atoms with Crippen molar-refractivity contribution < 1.29 is 5.11 Å². The molecule has 0 saturated carbocycles. The third kappa shape index (κ3) is 3.65. The third-order valence-electron chi connectivity index (χ3n) is 4.30. The predicted molar refractivity (Wildman–Crippen MR) is 105 cm³/mol. The largest absolute Gasteiger partial charge is 0.395 e. The van der Waals surface area contributed by atoms with Crippen molar-refractivity contribution in [3.05, 3.63) is 64.3 Å². The monoisotopic (exact) mass is 386 g/mol. The highest BCUT2D eigenvalue weighted by Gasteiger charge is 2.11. The van der Waals surface area contributed by atoms with Crippen LogP contribution in [-0.2, 0) is 6.54 Å². The van der Waals surface area contributed by atoms with Crippen LogP contribution in [0.4, 0.5) is 5.69 Å². The van der Waals surface area contributed by atoms with Gasteiger partial charge in [-0.3, -0.25) is 0 Å². The molecule has 0 aliphatic heterocycles. The second-order valence-corrected chi connectivity index (χ2v) is 7.24. The Balaban J connectivity index is 1.90. The van der Waals surface area contributed by atoms with Crippen LogP contribution in [0.1, 0.15) is 31.0 Å². The first-order valence-electron chi connectivity index (χ1n) is 8.30. The van der Waals surface area contributed by atoms with E-state index in [9.17, 15) is 5.11 Å². The summed E-state index contributed by atoms with van der Waals surface area (Å²) in [7, 11) is 0. The van der Waals surface area contributed by atoms with E-state index in [0.717, 1.165) is 27.9 Å². The summed E-state index contributed by atoms with van der Waals surface area (Å²) in [6, 6.07) is 16.9. The highest BCUT2D eigenvalue weighted by Crippen LogP contribution is 2.27. The Bertz CT molecular complexity index is 825. The molecule has 0 fully saturated rings. The molecule has 1 aromatic heterocycles. The first-order chi connectivity index (χ1) is 11.6. The first-order valence-corrected chi connectivity index (χ1v) is 9.09. The average Bonchev–Trinajstić information content (AvgIpc) is 2.99. The summed E-state index contributed by atoms with van der Waals surface area (Å²) in [6.45, 7) is 5.88. The second kappa shape index (κ2) is 7.41. The number of fused-ring (bicyclic) bond motifs is 1. The molecule has 126 valence electrons. The molecule has 2 aromatic carbocycles. The van der Waals surface area contributed by atoms with E-state index in [0.29, 0.717) is 12.5 Å². The van der Waals surface area contributed by atoms with Crippen LogP contribution < -0.4 is 4.90 Å². The molecule has 0 aliphatic carbocycles. The Kier molecular flexibility index (Phi) is 5.27. The Morgan fingerprint density at radius 3 is 2.62 bits per heavy atom. The number of nitrogens with zero attached hydrogens (tertiary/aromatic N) is 1. The maximum atomic E-state index is 9.48. The molecule has 4 heteroatoms. The van der Waals surface area contributed by atoms with Crippen molar-refractivity contribution in [2.24, 2.45) is 0 Å². The number of aliphatic hydroxyl groups is 1. The van der Waals surface area contributed by atoms with Gasteiger partial charge in [0.1, 0.15) is 0 Å². The van der Waals surface area contributed by atoms with Gasteiger partial charge in [0.05, 0.1) is 13.2 Å². The van der Waals surface area contributed by atoms with Gasteiger partial charge in [-0.1, -0.05) is 48.0 Å². The number of benzene rings is 2. The lowest BCUT2D eigenvalue weighted by Gasteiger charge is -2.24. The molecule has 0 aliphatic rings. The number of halogens is 1. The van der Waals surface area contributed by atoms with Gasteiger partial charge in [0.2, 0.25) is 0 Å². The fourth-order valence-electron chi connectivity index (χ4n) is 2.97. The van der Waals surface area contributed by atoms with E-state index in [-0.39, 0.29) is 6.61 Å². The van der Waals surface area contributed by atoms with Crippen molar-refractivity contribution >= 4 is 32.5 Å². The zero-order valence-electron chi connectivity index (χ0n) is 14.1. The molecule has 1 heterocycles. The summed E-state index contributed by atoms with van der Waals surface area (Å²) in [5.74, 6) is 0.491. The Hall–Kier alpha value is -1.78. The molecule has 0 spiro atoms. The van der Waals surface area contributed by atoms with E-state index in [1.165, 1.54) is 10.9 Å². The second-order valence-electron chi connectivity index (χ2n) is 6.39. The van der Waals surface area contributed by atoms with E-state index in [2.05, 4.69) is 82.1 Å². The third-order valence-corrected chi connectivity index (χ3v) is 4.99. The van der Waals surface area contributed by atoms with Crippen molar-refractivity contribution in [1.29, 1.82) is 0 Å². The van der Waals surface area contributed by atoms with Crippen molar-refractivity contribution in [1.82, 2.24) is 4.98 Å². The number of aliphatic hydroxyl groups excluding tert-OH is 1. The van der Waals surface area contributed by atoms with E-state index >= 15 is 0 Å². The van der Waals surface area contributed by atoms with Gasteiger partial charge in [-0.05, 0) is 41.8 Å². The van der Waals surface area contributed by atoms with Gasteiger partial charge in [-0.15, -0.1) is 0 Å². The van der Waals surface area contributed by atoms with Gasteiger partial charge in [-0.2, -0.15) is 0 Å². The lowest BCUT2D eigenvalue weighted by molar-refractivity contribution is 0.301. The zero-order valence-corrected chi connectivity index (χ0v) is 15.7. The number of rotatable bonds is 6. The van der Waals surface area contributed by atoms with Crippen LogP contribution in [0.25, 0.3) is 10.9 Å². The van der Waals surface area contributed by atoms with Crippen LogP contribution in [0.2, 0.25) is 0 Å². The summed E-state index contributed by atoms with van der Waals surface area (Å²) in [5.41, 5.74) is 4.72. The fourth-order valence-corrected chi connectivity index (χ4v) is 3.45. The molecule has 0 amide bonds. The highest BCUT2D eigenvalue weighted by molar-refractivity contribution is 9.10. The number of anilines is 1. The average molecular weight is 387 g/mol. The normalized spacial score (nSPS) is 11.4. The molecule has 0 bridgehead atoms. The van der Waals surface area contributed by atoms with Crippen LogP contribution in [0.5, 0.6) is 0 Å². The van der Waals surface area contributed by atoms with Crippen molar-refractivity contribution in [2.75, 3.05) is 18.1 Å². The minimum Gasteiger partial charge on any atom is -0.395 e. The van der Waals surface area contributed by atoms with Gasteiger partial charge in [0, 0.05) is 33.3 Å². The molecule has 0 unspecified atom stereocenters. The maximum Gasteiger partial charge on any atom is 0.0606 e. The number of aromatic nitrogens is 1. The van der Waals surface area contributed by atoms with Gasteiger partial charge >= 0.3 is 0 Å². The molecule has 24 heavy (non-hydrogen) atoms. The minimum absolute atomic E-state index is 0.135. The summed E-state index contributed by atoms with van der Waals surface area (Å²) in [6.07, 6.45) is 0. The van der Waals surface area contributed by atoms with E-state index in [1.54, 1.807) is 0 Å². The van der Waals surface area contributed by atoms with Crippen LogP contribution in [-0.4, -0.2) is 23.2 Å². The van der Waals surface area contributed by atoms with Crippen molar-refractivity contribution in [3.8, 4) is 0 Å². The standard InChI is InChI=1S/C20H23BrN2O/c1-14(2)15-5-3-6-17(11-15)23(9-10-24)13-16-12-18-19(21)7-4-8-20(18)22-16/h3-8,11-12,14,22,24H,9-10,13H2,1-2H3. The summed E-state index contributed by atoms with van der Waals surface area (Å²) < 4.78 is 1.10. The lowest BCUT2D eigenvalue weighted by atomic mass is 10.0. The van der Waals surface area contributed by atoms with Crippen LogP contribution in [0.3, 0.4) is 0 Å².